The fraction of sp³-hybridized carbons (Fsp3) is 0.571. The Morgan fingerprint density at radius 1 is 1.19 bits per heavy atom. The highest BCUT2D eigenvalue weighted by Gasteiger charge is 2.06. The van der Waals surface area contributed by atoms with Gasteiger partial charge in [-0.25, -0.2) is 0 Å². The monoisotopic (exact) mass is 220 g/mol. The molecule has 2 nitrogen and oxygen atoms in total. The van der Waals surface area contributed by atoms with E-state index >= 15 is 0 Å². The van der Waals surface area contributed by atoms with Crippen molar-refractivity contribution in [2.45, 2.75) is 33.4 Å². The van der Waals surface area contributed by atoms with Gasteiger partial charge in [0.05, 0.1) is 0 Å². The topological polar surface area (TPSA) is 15.3 Å². The maximum Gasteiger partial charge on any atom is 0.0364 e. The summed E-state index contributed by atoms with van der Waals surface area (Å²) in [5.74, 6) is 0.678. The summed E-state index contributed by atoms with van der Waals surface area (Å²) in [6, 6.07) is 9.22. The standard InChI is InChI=1S/C14H24N2/c1-11(2)12(3)15-10-13-7-6-8-14(9-13)16(4)5/h6-9,11-12,15H,10H2,1-5H3. The third-order valence-electron chi connectivity index (χ3n) is 3.06. The molecule has 1 N–H and O–H groups in total. The molecular weight excluding hydrogens is 196 g/mol. The van der Waals surface area contributed by atoms with Gasteiger partial charge in [0.1, 0.15) is 0 Å². The Bertz CT molecular complexity index is 318. The average Bonchev–Trinajstić information content (AvgIpc) is 2.26. The molecule has 0 spiro atoms. The molecule has 0 radical (unpaired) electrons. The lowest BCUT2D eigenvalue weighted by atomic mass is 10.1. The molecular formula is C14H24N2. The number of hydrogen-bond donors (Lipinski definition) is 1. The molecule has 90 valence electrons. The van der Waals surface area contributed by atoms with Crippen molar-refractivity contribution in [2.24, 2.45) is 5.92 Å². The first-order valence-electron chi connectivity index (χ1n) is 6.00. The Morgan fingerprint density at radius 2 is 1.88 bits per heavy atom. The van der Waals surface area contributed by atoms with Gasteiger partial charge in [-0.1, -0.05) is 26.0 Å². The number of nitrogens with one attached hydrogen (secondary N) is 1. The number of benzene rings is 1. The van der Waals surface area contributed by atoms with E-state index in [-0.39, 0.29) is 0 Å². The van der Waals surface area contributed by atoms with Gasteiger partial charge < -0.3 is 10.2 Å². The van der Waals surface area contributed by atoms with Gasteiger partial charge in [0.15, 0.2) is 0 Å². The molecule has 1 atom stereocenters. The van der Waals surface area contributed by atoms with Crippen LogP contribution in [0.1, 0.15) is 26.3 Å². The summed E-state index contributed by atoms with van der Waals surface area (Å²) in [6.45, 7) is 7.67. The lowest BCUT2D eigenvalue weighted by molar-refractivity contribution is 0.426. The second-order valence-electron chi connectivity index (χ2n) is 4.98. The van der Waals surface area contributed by atoms with E-state index in [2.05, 4.69) is 69.3 Å². The SMILES string of the molecule is CC(C)C(C)NCc1cccc(N(C)C)c1. The van der Waals surface area contributed by atoms with Crippen molar-refractivity contribution >= 4 is 5.69 Å². The van der Waals surface area contributed by atoms with Crippen LogP contribution in [0.15, 0.2) is 24.3 Å². The third kappa shape index (κ3) is 3.86. The molecule has 2 heteroatoms. The summed E-state index contributed by atoms with van der Waals surface area (Å²) in [4.78, 5) is 2.13. The Hall–Kier alpha value is -1.02. The summed E-state index contributed by atoms with van der Waals surface area (Å²) < 4.78 is 0. The Morgan fingerprint density at radius 3 is 2.44 bits per heavy atom. The number of rotatable bonds is 5. The van der Waals surface area contributed by atoms with Crippen LogP contribution in [0.4, 0.5) is 5.69 Å². The first-order valence-corrected chi connectivity index (χ1v) is 6.00. The van der Waals surface area contributed by atoms with E-state index < -0.39 is 0 Å². The van der Waals surface area contributed by atoms with Crippen LogP contribution in [0, 0.1) is 5.92 Å². The first kappa shape index (κ1) is 13.0. The van der Waals surface area contributed by atoms with E-state index in [9.17, 15) is 0 Å². The largest absolute Gasteiger partial charge is 0.378 e. The molecule has 0 aromatic heterocycles. The van der Waals surface area contributed by atoms with Crippen molar-refractivity contribution in [3.63, 3.8) is 0 Å². The van der Waals surface area contributed by atoms with Crippen LogP contribution in [0.2, 0.25) is 0 Å². The molecule has 1 unspecified atom stereocenters. The second kappa shape index (κ2) is 5.90. The van der Waals surface area contributed by atoms with Gasteiger partial charge >= 0.3 is 0 Å². The molecule has 0 saturated heterocycles. The number of anilines is 1. The van der Waals surface area contributed by atoms with Crippen LogP contribution in [-0.2, 0) is 6.54 Å². The highest BCUT2D eigenvalue weighted by atomic mass is 15.1. The summed E-state index contributed by atoms with van der Waals surface area (Å²) in [6.07, 6.45) is 0. The molecule has 16 heavy (non-hydrogen) atoms. The van der Waals surface area contributed by atoms with E-state index in [4.69, 9.17) is 0 Å². The van der Waals surface area contributed by atoms with Crippen molar-refractivity contribution in [2.75, 3.05) is 19.0 Å². The van der Waals surface area contributed by atoms with E-state index in [1.165, 1.54) is 11.3 Å². The van der Waals surface area contributed by atoms with Crippen LogP contribution < -0.4 is 10.2 Å². The van der Waals surface area contributed by atoms with Crippen molar-refractivity contribution in [1.82, 2.24) is 5.32 Å². The molecule has 1 rings (SSSR count). The zero-order valence-electron chi connectivity index (χ0n) is 11.1. The Kier molecular flexibility index (Phi) is 4.81. The van der Waals surface area contributed by atoms with Gasteiger partial charge in [0.25, 0.3) is 0 Å². The summed E-state index contributed by atoms with van der Waals surface area (Å²) in [5.41, 5.74) is 2.61. The van der Waals surface area contributed by atoms with Gasteiger partial charge in [-0.3, -0.25) is 0 Å². The van der Waals surface area contributed by atoms with Crippen LogP contribution in [-0.4, -0.2) is 20.1 Å². The minimum Gasteiger partial charge on any atom is -0.378 e. The van der Waals surface area contributed by atoms with Crippen molar-refractivity contribution < 1.29 is 0 Å². The lowest BCUT2D eigenvalue weighted by Crippen LogP contribution is -2.30. The predicted molar refractivity (Wildman–Crippen MR) is 71.9 cm³/mol. The molecule has 0 aliphatic carbocycles. The fourth-order valence-corrected chi connectivity index (χ4v) is 1.46. The van der Waals surface area contributed by atoms with E-state index in [0.29, 0.717) is 12.0 Å². The van der Waals surface area contributed by atoms with Gasteiger partial charge in [0, 0.05) is 32.4 Å². The molecule has 0 aliphatic rings. The third-order valence-corrected chi connectivity index (χ3v) is 3.06. The normalized spacial score (nSPS) is 12.9. The zero-order valence-corrected chi connectivity index (χ0v) is 11.1. The molecule has 0 saturated carbocycles. The number of hydrogen-bond acceptors (Lipinski definition) is 2. The highest BCUT2D eigenvalue weighted by Crippen LogP contribution is 2.13. The van der Waals surface area contributed by atoms with Crippen LogP contribution in [0.5, 0.6) is 0 Å². The number of nitrogens with zero attached hydrogens (tertiary/aromatic N) is 1. The van der Waals surface area contributed by atoms with Gasteiger partial charge in [-0.2, -0.15) is 0 Å². The van der Waals surface area contributed by atoms with Crippen molar-refractivity contribution in [1.29, 1.82) is 0 Å². The highest BCUT2D eigenvalue weighted by molar-refractivity contribution is 5.47. The smallest absolute Gasteiger partial charge is 0.0364 e. The van der Waals surface area contributed by atoms with E-state index in [0.717, 1.165) is 6.54 Å². The maximum atomic E-state index is 3.55. The minimum atomic E-state index is 0.558. The summed E-state index contributed by atoms with van der Waals surface area (Å²) in [5, 5.41) is 3.55. The molecule has 0 heterocycles. The second-order valence-corrected chi connectivity index (χ2v) is 4.98. The van der Waals surface area contributed by atoms with Gasteiger partial charge in [0.2, 0.25) is 0 Å². The summed E-state index contributed by atoms with van der Waals surface area (Å²) >= 11 is 0. The Labute approximate surface area is 99.7 Å². The predicted octanol–water partition coefficient (Wildman–Crippen LogP) is 2.89. The lowest BCUT2D eigenvalue weighted by Gasteiger charge is -2.18. The fourth-order valence-electron chi connectivity index (χ4n) is 1.46. The summed E-state index contributed by atoms with van der Waals surface area (Å²) in [7, 11) is 4.15. The van der Waals surface area contributed by atoms with Gasteiger partial charge in [-0.05, 0) is 30.5 Å². The minimum absolute atomic E-state index is 0.558. The van der Waals surface area contributed by atoms with Crippen LogP contribution in [0.25, 0.3) is 0 Å². The van der Waals surface area contributed by atoms with Crippen molar-refractivity contribution in [3.05, 3.63) is 29.8 Å². The van der Waals surface area contributed by atoms with E-state index in [1.54, 1.807) is 0 Å². The molecule has 1 aromatic rings. The first-order chi connectivity index (χ1) is 7.50. The molecule has 0 fully saturated rings. The molecule has 1 aromatic carbocycles. The van der Waals surface area contributed by atoms with Gasteiger partial charge in [-0.15, -0.1) is 0 Å². The Balaban J connectivity index is 2.57. The van der Waals surface area contributed by atoms with Crippen LogP contribution >= 0.6 is 0 Å². The van der Waals surface area contributed by atoms with E-state index in [1.807, 2.05) is 0 Å². The quantitative estimate of drug-likeness (QED) is 0.821. The average molecular weight is 220 g/mol. The molecule has 0 amide bonds. The van der Waals surface area contributed by atoms with Crippen LogP contribution in [0.3, 0.4) is 0 Å². The molecule has 0 aliphatic heterocycles. The zero-order chi connectivity index (χ0) is 12.1. The molecule has 0 bridgehead atoms. The maximum absolute atomic E-state index is 3.55. The van der Waals surface area contributed by atoms with Crippen molar-refractivity contribution in [3.8, 4) is 0 Å².